The van der Waals surface area contributed by atoms with E-state index in [0.29, 0.717) is 23.2 Å². The van der Waals surface area contributed by atoms with Crippen molar-refractivity contribution in [3.05, 3.63) is 34.8 Å². The lowest BCUT2D eigenvalue weighted by Gasteiger charge is -2.07. The number of anilines is 1. The minimum Gasteiger partial charge on any atom is -0.346 e. The van der Waals surface area contributed by atoms with Gasteiger partial charge >= 0.3 is 0 Å². The number of rotatable bonds is 7. The van der Waals surface area contributed by atoms with Crippen molar-refractivity contribution in [3.63, 3.8) is 0 Å². The van der Waals surface area contributed by atoms with Gasteiger partial charge in [-0.1, -0.05) is 6.92 Å². The molecule has 2 aromatic heterocycles. The van der Waals surface area contributed by atoms with Gasteiger partial charge in [0.05, 0.1) is 5.69 Å². The summed E-state index contributed by atoms with van der Waals surface area (Å²) in [4.78, 5) is 0.341. The molecule has 114 valence electrons. The molecule has 3 rings (SSSR count). The van der Waals surface area contributed by atoms with Gasteiger partial charge in [-0.3, -0.25) is 4.72 Å². The van der Waals surface area contributed by atoms with Crippen molar-refractivity contribution >= 4 is 27.0 Å². The standard InChI is InChI=1S/C14H19N3O2S2/c1-2-15-8-13-7-14(9-17(13)12-3-4-12)21(18,19)16-11-5-6-20-10-11/h5-7,9-10,12,15-16H,2-4,8H2,1H3. The van der Waals surface area contributed by atoms with Crippen LogP contribution < -0.4 is 10.0 Å². The Morgan fingerprint density at radius 2 is 2.24 bits per heavy atom. The van der Waals surface area contributed by atoms with Gasteiger partial charge in [-0.2, -0.15) is 11.3 Å². The van der Waals surface area contributed by atoms with Crippen LogP contribution >= 0.6 is 11.3 Å². The van der Waals surface area contributed by atoms with Crippen molar-refractivity contribution in [2.45, 2.75) is 37.2 Å². The van der Waals surface area contributed by atoms with E-state index in [1.807, 2.05) is 12.3 Å². The largest absolute Gasteiger partial charge is 0.346 e. The van der Waals surface area contributed by atoms with Gasteiger partial charge in [0, 0.05) is 29.9 Å². The first kappa shape index (κ1) is 14.6. The van der Waals surface area contributed by atoms with Crippen molar-refractivity contribution in [1.82, 2.24) is 9.88 Å². The van der Waals surface area contributed by atoms with Gasteiger partial charge in [-0.05, 0) is 36.9 Å². The highest BCUT2D eigenvalue weighted by Gasteiger charge is 2.28. The highest BCUT2D eigenvalue weighted by atomic mass is 32.2. The molecule has 1 fully saturated rings. The van der Waals surface area contributed by atoms with Crippen LogP contribution in [0.3, 0.4) is 0 Å². The van der Waals surface area contributed by atoms with Crippen LogP contribution in [0.5, 0.6) is 0 Å². The molecule has 1 aliphatic carbocycles. The fourth-order valence-corrected chi connectivity index (χ4v) is 4.03. The fourth-order valence-electron chi connectivity index (χ4n) is 2.27. The van der Waals surface area contributed by atoms with E-state index in [4.69, 9.17) is 0 Å². The topological polar surface area (TPSA) is 63.1 Å². The van der Waals surface area contributed by atoms with Crippen LogP contribution in [-0.2, 0) is 16.6 Å². The minimum atomic E-state index is -3.51. The number of thiophene rings is 1. The molecule has 1 aliphatic rings. The maximum absolute atomic E-state index is 12.4. The van der Waals surface area contributed by atoms with E-state index in [2.05, 4.69) is 14.6 Å². The third-order valence-electron chi connectivity index (χ3n) is 3.49. The predicted molar refractivity (Wildman–Crippen MR) is 85.2 cm³/mol. The van der Waals surface area contributed by atoms with Crippen molar-refractivity contribution < 1.29 is 8.42 Å². The molecule has 2 aromatic rings. The average Bonchev–Trinajstić information content (AvgIpc) is 2.99. The SMILES string of the molecule is CCNCc1cc(S(=O)(=O)Nc2ccsc2)cn1C1CC1. The second-order valence-electron chi connectivity index (χ2n) is 5.20. The van der Waals surface area contributed by atoms with Crippen molar-refractivity contribution in [2.24, 2.45) is 0 Å². The first-order valence-electron chi connectivity index (χ1n) is 7.06. The van der Waals surface area contributed by atoms with Crippen LogP contribution in [0, 0.1) is 0 Å². The smallest absolute Gasteiger partial charge is 0.263 e. The number of sulfonamides is 1. The van der Waals surface area contributed by atoms with Gasteiger partial charge in [-0.25, -0.2) is 8.42 Å². The number of hydrogen-bond acceptors (Lipinski definition) is 4. The molecule has 0 amide bonds. The van der Waals surface area contributed by atoms with Gasteiger partial charge in [0.15, 0.2) is 0 Å². The Morgan fingerprint density at radius 1 is 1.43 bits per heavy atom. The Balaban J connectivity index is 1.87. The van der Waals surface area contributed by atoms with Crippen molar-refractivity contribution in [3.8, 4) is 0 Å². The average molecular weight is 325 g/mol. The number of nitrogens with zero attached hydrogens (tertiary/aromatic N) is 1. The monoisotopic (exact) mass is 325 g/mol. The van der Waals surface area contributed by atoms with E-state index >= 15 is 0 Å². The van der Waals surface area contributed by atoms with Crippen LogP contribution in [-0.4, -0.2) is 19.5 Å². The van der Waals surface area contributed by atoms with Crippen LogP contribution in [0.1, 0.15) is 31.5 Å². The molecule has 2 heterocycles. The second kappa shape index (κ2) is 5.82. The molecule has 7 heteroatoms. The highest BCUT2D eigenvalue weighted by molar-refractivity contribution is 7.92. The van der Waals surface area contributed by atoms with E-state index in [-0.39, 0.29) is 0 Å². The molecule has 0 atom stereocenters. The number of aromatic nitrogens is 1. The lowest BCUT2D eigenvalue weighted by molar-refractivity contribution is 0.600. The molecule has 0 saturated heterocycles. The summed E-state index contributed by atoms with van der Waals surface area (Å²) in [7, 11) is -3.51. The summed E-state index contributed by atoms with van der Waals surface area (Å²) < 4.78 is 29.6. The zero-order valence-corrected chi connectivity index (χ0v) is 13.5. The Labute approximate surface area is 129 Å². The normalized spacial score (nSPS) is 15.3. The number of nitrogens with one attached hydrogen (secondary N) is 2. The molecule has 0 radical (unpaired) electrons. The first-order valence-corrected chi connectivity index (χ1v) is 9.49. The number of hydrogen-bond donors (Lipinski definition) is 2. The van der Waals surface area contributed by atoms with Crippen molar-refractivity contribution in [1.29, 1.82) is 0 Å². The van der Waals surface area contributed by atoms with Gasteiger partial charge in [0.25, 0.3) is 10.0 Å². The quantitative estimate of drug-likeness (QED) is 0.823. The zero-order chi connectivity index (χ0) is 14.9. The summed E-state index contributed by atoms with van der Waals surface area (Å²) in [5.74, 6) is 0. The Bertz CT molecular complexity index is 701. The summed E-state index contributed by atoms with van der Waals surface area (Å²) in [5, 5.41) is 6.90. The van der Waals surface area contributed by atoms with E-state index < -0.39 is 10.0 Å². The van der Waals surface area contributed by atoms with Gasteiger partial charge < -0.3 is 9.88 Å². The summed E-state index contributed by atoms with van der Waals surface area (Å²) in [6.45, 7) is 3.60. The van der Waals surface area contributed by atoms with Crippen molar-refractivity contribution in [2.75, 3.05) is 11.3 Å². The van der Waals surface area contributed by atoms with E-state index in [9.17, 15) is 8.42 Å². The van der Waals surface area contributed by atoms with Gasteiger partial charge in [0.2, 0.25) is 0 Å². The van der Waals surface area contributed by atoms with Crippen LogP contribution in [0.2, 0.25) is 0 Å². The van der Waals surface area contributed by atoms with E-state index in [0.717, 1.165) is 25.1 Å². The fraction of sp³-hybridized carbons (Fsp3) is 0.429. The molecule has 0 bridgehead atoms. The molecule has 2 N–H and O–H groups in total. The van der Waals surface area contributed by atoms with Gasteiger partial charge in [-0.15, -0.1) is 0 Å². The molecule has 0 unspecified atom stereocenters. The maximum Gasteiger partial charge on any atom is 0.263 e. The van der Waals surface area contributed by atoms with Crippen LogP contribution in [0.15, 0.2) is 34.0 Å². The predicted octanol–water partition coefficient (Wildman–Crippen LogP) is 2.79. The molecule has 5 nitrogen and oxygen atoms in total. The zero-order valence-electron chi connectivity index (χ0n) is 11.9. The summed E-state index contributed by atoms with van der Waals surface area (Å²) in [5.41, 5.74) is 1.65. The Kier molecular flexibility index (Phi) is 4.05. The third kappa shape index (κ3) is 3.30. The molecular formula is C14H19N3O2S2. The molecule has 1 saturated carbocycles. The Morgan fingerprint density at radius 3 is 2.86 bits per heavy atom. The lowest BCUT2D eigenvalue weighted by atomic mass is 10.4. The van der Waals surface area contributed by atoms with Crippen LogP contribution in [0.4, 0.5) is 5.69 Å². The van der Waals surface area contributed by atoms with Crippen LogP contribution in [0.25, 0.3) is 0 Å². The molecule has 0 aliphatic heterocycles. The highest BCUT2D eigenvalue weighted by Crippen LogP contribution is 2.37. The lowest BCUT2D eigenvalue weighted by Crippen LogP contribution is -2.14. The van der Waals surface area contributed by atoms with Gasteiger partial charge in [0.1, 0.15) is 4.90 Å². The first-order chi connectivity index (χ1) is 10.1. The van der Waals surface area contributed by atoms with E-state index in [1.54, 1.807) is 23.7 Å². The summed E-state index contributed by atoms with van der Waals surface area (Å²) in [6, 6.07) is 4.00. The molecular weight excluding hydrogens is 306 g/mol. The van der Waals surface area contributed by atoms with E-state index in [1.165, 1.54) is 11.3 Å². The minimum absolute atomic E-state index is 0.341. The third-order valence-corrected chi connectivity index (χ3v) is 5.52. The second-order valence-corrected chi connectivity index (χ2v) is 7.67. The summed E-state index contributed by atoms with van der Waals surface area (Å²) >= 11 is 1.47. The Hall–Kier alpha value is -1.31. The molecule has 0 aromatic carbocycles. The summed E-state index contributed by atoms with van der Waals surface area (Å²) in [6.07, 6.45) is 4.02. The molecule has 0 spiro atoms. The maximum atomic E-state index is 12.4. The molecule has 21 heavy (non-hydrogen) atoms.